The summed E-state index contributed by atoms with van der Waals surface area (Å²) < 4.78 is 4.44. The lowest BCUT2D eigenvalue weighted by Crippen LogP contribution is -2.30. The van der Waals surface area contributed by atoms with Gasteiger partial charge in [-0.15, -0.1) is 0 Å². The van der Waals surface area contributed by atoms with Crippen LogP contribution in [0.1, 0.15) is 0 Å². The minimum Gasteiger partial charge on any atom is -0.452 e. The van der Waals surface area contributed by atoms with Crippen molar-refractivity contribution in [2.45, 2.75) is 0 Å². The van der Waals surface area contributed by atoms with Crippen LogP contribution in [0, 0.1) is 0 Å². The molecule has 0 aliphatic rings. The first kappa shape index (κ1) is 5.33. The lowest BCUT2D eigenvalue weighted by molar-refractivity contribution is 0.424. The second-order valence-electron chi connectivity index (χ2n) is 1.29. The number of hydrogen-bond donors (Lipinski definition) is 2. The van der Waals surface area contributed by atoms with E-state index in [0.29, 0.717) is 0 Å². The van der Waals surface area contributed by atoms with E-state index in [0.717, 1.165) is 6.39 Å². The zero-order valence-corrected chi connectivity index (χ0v) is 3.98. The average molecular weight is 113 g/mol. The quantitative estimate of drug-likeness (QED) is 0.428. The summed E-state index contributed by atoms with van der Waals surface area (Å²) in [5.74, 6) is 0. The highest BCUT2D eigenvalue weighted by Gasteiger charge is 2.12. The molecule has 1 aromatic heterocycles. The van der Waals surface area contributed by atoms with Gasteiger partial charge >= 0.3 is 7.12 Å². The first-order valence-corrected chi connectivity index (χ1v) is 2.05. The first-order chi connectivity index (χ1) is 3.80. The summed E-state index contributed by atoms with van der Waals surface area (Å²) in [6.07, 6.45) is 2.30. The summed E-state index contributed by atoms with van der Waals surface area (Å²) >= 11 is 0. The predicted molar refractivity (Wildman–Crippen MR) is 26.3 cm³/mol. The molecule has 0 radical (unpaired) electrons. The minimum absolute atomic E-state index is 0.130. The molecule has 0 atom stereocenters. The summed E-state index contributed by atoms with van der Waals surface area (Å²) in [5, 5.41) is 16.7. The largest absolute Gasteiger partial charge is 0.511 e. The predicted octanol–water partition coefficient (Wildman–Crippen LogP) is -1.65. The number of hydrogen-bond acceptors (Lipinski definition) is 4. The van der Waals surface area contributed by atoms with Crippen molar-refractivity contribution >= 4 is 12.7 Å². The van der Waals surface area contributed by atoms with Gasteiger partial charge in [-0.05, 0) is 0 Å². The normalized spacial score (nSPS) is 9.25. The highest BCUT2D eigenvalue weighted by molar-refractivity contribution is 6.57. The van der Waals surface area contributed by atoms with Gasteiger partial charge in [0.05, 0.1) is 0 Å². The highest BCUT2D eigenvalue weighted by Crippen LogP contribution is 1.75. The van der Waals surface area contributed by atoms with Gasteiger partial charge in [0.15, 0.2) is 6.39 Å². The fourth-order valence-electron chi connectivity index (χ4n) is 0.349. The van der Waals surface area contributed by atoms with Crippen molar-refractivity contribution in [3.8, 4) is 0 Å². The van der Waals surface area contributed by atoms with Crippen molar-refractivity contribution in [1.82, 2.24) is 4.98 Å². The van der Waals surface area contributed by atoms with Crippen LogP contribution in [0.25, 0.3) is 0 Å². The highest BCUT2D eigenvalue weighted by atomic mass is 16.4. The molecule has 4 nitrogen and oxygen atoms in total. The van der Waals surface area contributed by atoms with E-state index in [-0.39, 0.29) is 5.59 Å². The van der Waals surface area contributed by atoms with Gasteiger partial charge in [-0.2, -0.15) is 0 Å². The van der Waals surface area contributed by atoms with E-state index in [4.69, 9.17) is 10.0 Å². The molecule has 0 aromatic carbocycles. The van der Waals surface area contributed by atoms with Gasteiger partial charge in [0.2, 0.25) is 0 Å². The average Bonchev–Trinajstić information content (AvgIpc) is 2.12. The van der Waals surface area contributed by atoms with Crippen LogP contribution < -0.4 is 5.59 Å². The van der Waals surface area contributed by atoms with E-state index in [1.54, 1.807) is 0 Å². The van der Waals surface area contributed by atoms with Crippen molar-refractivity contribution in [3.05, 3.63) is 12.7 Å². The van der Waals surface area contributed by atoms with E-state index < -0.39 is 7.12 Å². The maximum Gasteiger partial charge on any atom is 0.511 e. The third-order valence-corrected chi connectivity index (χ3v) is 0.716. The standard InChI is InChI=1S/C3H4BNO3/c6-4(7)3-1-8-2-5-3/h1-2,6-7H. The number of oxazole rings is 1. The molecule has 1 rings (SSSR count). The van der Waals surface area contributed by atoms with Crippen LogP contribution in [0.15, 0.2) is 17.1 Å². The summed E-state index contributed by atoms with van der Waals surface area (Å²) in [5.41, 5.74) is 0.130. The molecule has 0 bridgehead atoms. The molecule has 0 unspecified atom stereocenters. The number of nitrogens with zero attached hydrogens (tertiary/aromatic N) is 1. The molecule has 8 heavy (non-hydrogen) atoms. The summed E-state index contributed by atoms with van der Waals surface area (Å²) in [6, 6.07) is 0. The SMILES string of the molecule is OB(O)c1cocn1. The fraction of sp³-hybridized carbons (Fsp3) is 0. The third-order valence-electron chi connectivity index (χ3n) is 0.716. The summed E-state index contributed by atoms with van der Waals surface area (Å²) in [7, 11) is -1.52. The van der Waals surface area contributed by atoms with Crippen LogP contribution in [0.4, 0.5) is 0 Å². The molecule has 0 saturated carbocycles. The molecule has 1 aromatic rings. The fourth-order valence-corrected chi connectivity index (χ4v) is 0.349. The minimum atomic E-state index is -1.52. The second kappa shape index (κ2) is 1.98. The van der Waals surface area contributed by atoms with Gasteiger partial charge in [0.25, 0.3) is 0 Å². The van der Waals surface area contributed by atoms with Crippen LogP contribution in [0.5, 0.6) is 0 Å². The maximum absolute atomic E-state index is 8.35. The van der Waals surface area contributed by atoms with E-state index in [2.05, 4.69) is 9.40 Å². The van der Waals surface area contributed by atoms with Gasteiger partial charge in [-0.3, -0.25) is 0 Å². The van der Waals surface area contributed by atoms with Gasteiger partial charge in [0.1, 0.15) is 11.9 Å². The zero-order chi connectivity index (χ0) is 5.98. The van der Waals surface area contributed by atoms with E-state index in [9.17, 15) is 0 Å². The van der Waals surface area contributed by atoms with Crippen LogP contribution in [-0.4, -0.2) is 22.2 Å². The molecule has 1 heterocycles. The molecule has 0 aliphatic heterocycles. The molecular formula is C3H4BNO3. The third kappa shape index (κ3) is 0.880. The molecule has 42 valence electrons. The lowest BCUT2D eigenvalue weighted by Gasteiger charge is -1.84. The van der Waals surface area contributed by atoms with Gasteiger partial charge < -0.3 is 14.5 Å². The Hall–Kier alpha value is -0.805. The lowest BCUT2D eigenvalue weighted by atomic mass is 9.88. The second-order valence-corrected chi connectivity index (χ2v) is 1.29. The molecule has 0 saturated heterocycles. The van der Waals surface area contributed by atoms with Gasteiger partial charge in [-0.25, -0.2) is 4.98 Å². The van der Waals surface area contributed by atoms with Crippen LogP contribution in [-0.2, 0) is 0 Å². The zero-order valence-electron chi connectivity index (χ0n) is 3.98. The van der Waals surface area contributed by atoms with E-state index >= 15 is 0 Å². The summed E-state index contributed by atoms with van der Waals surface area (Å²) in [6.45, 7) is 0. The molecule has 0 fully saturated rings. The Morgan fingerprint density at radius 2 is 2.38 bits per heavy atom. The smallest absolute Gasteiger partial charge is 0.452 e. The molecule has 5 heteroatoms. The molecule has 0 spiro atoms. The molecule has 0 amide bonds. The van der Waals surface area contributed by atoms with Crippen molar-refractivity contribution in [1.29, 1.82) is 0 Å². The first-order valence-electron chi connectivity index (χ1n) is 2.05. The van der Waals surface area contributed by atoms with Crippen molar-refractivity contribution < 1.29 is 14.5 Å². The number of rotatable bonds is 1. The number of aromatic nitrogens is 1. The van der Waals surface area contributed by atoms with Crippen molar-refractivity contribution in [2.75, 3.05) is 0 Å². The van der Waals surface area contributed by atoms with E-state index in [1.807, 2.05) is 0 Å². The maximum atomic E-state index is 8.35. The summed E-state index contributed by atoms with van der Waals surface area (Å²) in [4.78, 5) is 3.45. The molecular weight excluding hydrogens is 109 g/mol. The molecule has 0 aliphatic carbocycles. The van der Waals surface area contributed by atoms with Gasteiger partial charge in [0, 0.05) is 0 Å². The van der Waals surface area contributed by atoms with Crippen molar-refractivity contribution in [3.63, 3.8) is 0 Å². The van der Waals surface area contributed by atoms with Crippen LogP contribution in [0.2, 0.25) is 0 Å². The monoisotopic (exact) mass is 113 g/mol. The molecule has 2 N–H and O–H groups in total. The van der Waals surface area contributed by atoms with Gasteiger partial charge in [-0.1, -0.05) is 0 Å². The Labute approximate surface area is 45.9 Å². The van der Waals surface area contributed by atoms with Crippen LogP contribution >= 0.6 is 0 Å². The Morgan fingerprint density at radius 3 is 2.62 bits per heavy atom. The Balaban J connectivity index is 2.77. The Bertz CT molecular complexity index is 150. The van der Waals surface area contributed by atoms with Crippen LogP contribution in [0.3, 0.4) is 0 Å². The Kier molecular flexibility index (Phi) is 1.32. The topological polar surface area (TPSA) is 66.5 Å². The Morgan fingerprint density at radius 1 is 1.62 bits per heavy atom. The van der Waals surface area contributed by atoms with Crippen molar-refractivity contribution in [2.24, 2.45) is 0 Å². The van der Waals surface area contributed by atoms with E-state index in [1.165, 1.54) is 6.26 Å².